The van der Waals surface area contributed by atoms with Crippen molar-refractivity contribution in [3.63, 3.8) is 0 Å². The second-order valence-electron chi connectivity index (χ2n) is 3.06. The molecule has 14 heavy (non-hydrogen) atoms. The molecule has 0 rings (SSSR count). The average Bonchev–Trinajstić information content (AvgIpc) is 2.11. The standard InChI is InChI=1S/C9H15F3OS/c1-3-9(11,12)8(10)5-4-6-14-7(2)13/h8H,3-6H2,1-2H3. The van der Waals surface area contributed by atoms with Crippen molar-refractivity contribution in [2.24, 2.45) is 0 Å². The van der Waals surface area contributed by atoms with E-state index in [9.17, 15) is 18.0 Å². The second kappa shape index (κ2) is 6.32. The third-order valence-corrected chi connectivity index (χ3v) is 2.74. The largest absolute Gasteiger partial charge is 0.288 e. The molecule has 0 aromatic heterocycles. The smallest absolute Gasteiger partial charge is 0.278 e. The number of carbonyl (C=O) groups excluding carboxylic acids is 1. The Hall–Kier alpha value is -0.190. The van der Waals surface area contributed by atoms with E-state index in [4.69, 9.17) is 0 Å². The van der Waals surface area contributed by atoms with Crippen molar-refractivity contribution in [1.82, 2.24) is 0 Å². The van der Waals surface area contributed by atoms with E-state index in [1.54, 1.807) is 0 Å². The van der Waals surface area contributed by atoms with Crippen molar-refractivity contribution in [2.75, 3.05) is 5.75 Å². The third kappa shape index (κ3) is 5.52. The van der Waals surface area contributed by atoms with Crippen LogP contribution in [0.5, 0.6) is 0 Å². The van der Waals surface area contributed by atoms with Gasteiger partial charge in [0.05, 0.1) is 0 Å². The van der Waals surface area contributed by atoms with Crippen molar-refractivity contribution < 1.29 is 18.0 Å². The predicted molar refractivity (Wildman–Crippen MR) is 52.5 cm³/mol. The van der Waals surface area contributed by atoms with Gasteiger partial charge in [-0.1, -0.05) is 18.7 Å². The van der Waals surface area contributed by atoms with Gasteiger partial charge in [-0.05, 0) is 12.8 Å². The summed E-state index contributed by atoms with van der Waals surface area (Å²) in [5.41, 5.74) is 0. The van der Waals surface area contributed by atoms with Gasteiger partial charge in [-0.15, -0.1) is 0 Å². The SMILES string of the molecule is CCC(F)(F)C(F)CCCSC(C)=O. The molecule has 0 bridgehead atoms. The average molecular weight is 228 g/mol. The Morgan fingerprint density at radius 2 is 2.07 bits per heavy atom. The lowest BCUT2D eigenvalue weighted by atomic mass is 10.1. The quantitative estimate of drug-likeness (QED) is 0.648. The van der Waals surface area contributed by atoms with Gasteiger partial charge < -0.3 is 0 Å². The van der Waals surface area contributed by atoms with Crippen LogP contribution in [0.2, 0.25) is 0 Å². The fourth-order valence-corrected chi connectivity index (χ4v) is 1.51. The Morgan fingerprint density at radius 3 is 2.50 bits per heavy atom. The van der Waals surface area contributed by atoms with Gasteiger partial charge in [0.15, 0.2) is 11.3 Å². The highest BCUT2D eigenvalue weighted by atomic mass is 32.2. The zero-order valence-electron chi connectivity index (χ0n) is 8.36. The molecule has 0 aromatic carbocycles. The summed E-state index contributed by atoms with van der Waals surface area (Å²) in [5, 5.41) is -0.0670. The molecule has 0 heterocycles. The second-order valence-corrected chi connectivity index (χ2v) is 4.34. The lowest BCUT2D eigenvalue weighted by Gasteiger charge is -2.18. The first-order valence-corrected chi connectivity index (χ1v) is 5.54. The molecule has 1 nitrogen and oxygen atoms in total. The Kier molecular flexibility index (Phi) is 6.24. The zero-order valence-corrected chi connectivity index (χ0v) is 9.17. The van der Waals surface area contributed by atoms with Crippen LogP contribution in [-0.2, 0) is 4.79 Å². The first-order chi connectivity index (χ1) is 6.40. The fourth-order valence-electron chi connectivity index (χ4n) is 0.911. The lowest BCUT2D eigenvalue weighted by molar-refractivity contribution is -0.109. The van der Waals surface area contributed by atoms with Crippen molar-refractivity contribution in [1.29, 1.82) is 0 Å². The van der Waals surface area contributed by atoms with Crippen molar-refractivity contribution in [3.05, 3.63) is 0 Å². The maximum absolute atomic E-state index is 12.9. The van der Waals surface area contributed by atoms with Crippen LogP contribution in [0.1, 0.15) is 33.1 Å². The molecule has 0 N–H and O–H groups in total. The Morgan fingerprint density at radius 1 is 1.50 bits per heavy atom. The summed E-state index contributed by atoms with van der Waals surface area (Å²) in [6.07, 6.45) is -2.43. The van der Waals surface area contributed by atoms with Gasteiger partial charge in [0.2, 0.25) is 0 Å². The molecule has 0 aliphatic heterocycles. The van der Waals surface area contributed by atoms with E-state index >= 15 is 0 Å². The van der Waals surface area contributed by atoms with Crippen molar-refractivity contribution in [3.8, 4) is 0 Å². The monoisotopic (exact) mass is 228 g/mol. The molecular formula is C9H15F3OS. The summed E-state index contributed by atoms with van der Waals surface area (Å²) in [6.45, 7) is 2.66. The van der Waals surface area contributed by atoms with Crippen LogP contribution in [0.3, 0.4) is 0 Å². The molecule has 5 heteroatoms. The van der Waals surface area contributed by atoms with E-state index in [0.717, 1.165) is 11.8 Å². The molecule has 1 atom stereocenters. The summed E-state index contributed by atoms with van der Waals surface area (Å²) < 4.78 is 38.2. The molecule has 0 spiro atoms. The first-order valence-electron chi connectivity index (χ1n) is 4.55. The lowest BCUT2D eigenvalue weighted by Crippen LogP contribution is -2.29. The van der Waals surface area contributed by atoms with Gasteiger partial charge in [0.25, 0.3) is 5.92 Å². The van der Waals surface area contributed by atoms with Gasteiger partial charge in [-0.3, -0.25) is 4.79 Å². The number of halogens is 3. The number of alkyl halides is 3. The Balaban J connectivity index is 3.63. The van der Waals surface area contributed by atoms with Crippen molar-refractivity contribution >= 4 is 16.9 Å². The van der Waals surface area contributed by atoms with Crippen molar-refractivity contribution in [2.45, 2.75) is 45.2 Å². The highest BCUT2D eigenvalue weighted by Crippen LogP contribution is 2.28. The fraction of sp³-hybridized carbons (Fsp3) is 0.889. The molecule has 0 fully saturated rings. The molecule has 0 saturated heterocycles. The molecule has 0 aliphatic rings. The first kappa shape index (κ1) is 13.8. The topological polar surface area (TPSA) is 17.1 Å². The normalized spacial score (nSPS) is 14.1. The van der Waals surface area contributed by atoms with E-state index in [0.29, 0.717) is 12.2 Å². The Bertz CT molecular complexity index is 185. The third-order valence-electron chi connectivity index (χ3n) is 1.84. The van der Waals surface area contributed by atoms with E-state index in [1.807, 2.05) is 0 Å². The van der Waals surface area contributed by atoms with Gasteiger partial charge in [-0.25, -0.2) is 13.2 Å². The zero-order chi connectivity index (χ0) is 11.2. The minimum atomic E-state index is -3.22. The minimum absolute atomic E-state index is 0.0670. The summed E-state index contributed by atoms with van der Waals surface area (Å²) >= 11 is 1.04. The van der Waals surface area contributed by atoms with Gasteiger partial charge in [0, 0.05) is 19.1 Å². The van der Waals surface area contributed by atoms with Crippen LogP contribution in [0.15, 0.2) is 0 Å². The van der Waals surface area contributed by atoms with E-state index < -0.39 is 18.5 Å². The number of rotatable bonds is 6. The summed E-state index contributed by atoms with van der Waals surface area (Å²) in [6, 6.07) is 0. The summed E-state index contributed by atoms with van der Waals surface area (Å²) in [5.74, 6) is -2.81. The summed E-state index contributed by atoms with van der Waals surface area (Å²) in [4.78, 5) is 10.5. The van der Waals surface area contributed by atoms with Crippen LogP contribution in [0, 0.1) is 0 Å². The molecule has 1 unspecified atom stereocenters. The molecular weight excluding hydrogens is 213 g/mol. The molecule has 0 saturated carbocycles. The number of hydrogen-bond donors (Lipinski definition) is 0. The maximum atomic E-state index is 12.9. The molecule has 84 valence electrons. The van der Waals surface area contributed by atoms with Gasteiger partial charge in [-0.2, -0.15) is 0 Å². The molecule has 0 aliphatic carbocycles. The van der Waals surface area contributed by atoms with E-state index in [-0.39, 0.29) is 11.5 Å². The number of thioether (sulfide) groups is 1. The highest BCUT2D eigenvalue weighted by molar-refractivity contribution is 8.13. The maximum Gasteiger partial charge on any atom is 0.278 e. The summed E-state index contributed by atoms with van der Waals surface area (Å²) in [7, 11) is 0. The van der Waals surface area contributed by atoms with Crippen LogP contribution in [0.25, 0.3) is 0 Å². The predicted octanol–water partition coefficient (Wildman–Crippen LogP) is 3.43. The molecule has 0 aromatic rings. The van der Waals surface area contributed by atoms with Crippen LogP contribution in [0.4, 0.5) is 13.2 Å². The molecule has 0 radical (unpaired) electrons. The van der Waals surface area contributed by atoms with Crippen LogP contribution in [-0.4, -0.2) is 23.0 Å². The number of carbonyl (C=O) groups is 1. The highest BCUT2D eigenvalue weighted by Gasteiger charge is 2.37. The van der Waals surface area contributed by atoms with Crippen LogP contribution >= 0.6 is 11.8 Å². The van der Waals surface area contributed by atoms with E-state index in [1.165, 1.54) is 13.8 Å². The van der Waals surface area contributed by atoms with Crippen LogP contribution < -0.4 is 0 Å². The van der Waals surface area contributed by atoms with E-state index in [2.05, 4.69) is 0 Å². The minimum Gasteiger partial charge on any atom is -0.288 e. The molecule has 0 amide bonds. The van der Waals surface area contributed by atoms with Gasteiger partial charge >= 0.3 is 0 Å². The Labute approximate surface area is 86.4 Å². The number of hydrogen-bond acceptors (Lipinski definition) is 2. The van der Waals surface area contributed by atoms with Gasteiger partial charge in [0.1, 0.15) is 0 Å².